The van der Waals surface area contributed by atoms with Crippen molar-refractivity contribution in [2.75, 3.05) is 12.4 Å². The number of anilines is 2. The van der Waals surface area contributed by atoms with E-state index < -0.39 is 5.97 Å². The first-order chi connectivity index (χ1) is 9.11. The van der Waals surface area contributed by atoms with Crippen LogP contribution in [0.1, 0.15) is 10.4 Å². The standard InChI is InChI=1S/C13H10Cl2N2O2/c1-19-13(18)8-5-6-16-11(7-8)17-10-4-2-3-9(14)12(10)15/h2-7H,1H3,(H,16,17). The van der Waals surface area contributed by atoms with Crippen LogP contribution in [-0.2, 0) is 4.74 Å². The Balaban J connectivity index is 2.28. The van der Waals surface area contributed by atoms with Gasteiger partial charge in [0.15, 0.2) is 0 Å². The lowest BCUT2D eigenvalue weighted by molar-refractivity contribution is 0.0600. The zero-order valence-electron chi connectivity index (χ0n) is 9.98. The van der Waals surface area contributed by atoms with Crippen molar-refractivity contribution in [3.05, 3.63) is 52.1 Å². The van der Waals surface area contributed by atoms with E-state index in [2.05, 4.69) is 15.0 Å². The molecular formula is C13H10Cl2N2O2. The van der Waals surface area contributed by atoms with Crippen LogP contribution in [-0.4, -0.2) is 18.1 Å². The summed E-state index contributed by atoms with van der Waals surface area (Å²) in [5.41, 5.74) is 1.02. The van der Waals surface area contributed by atoms with Gasteiger partial charge in [-0.3, -0.25) is 0 Å². The van der Waals surface area contributed by atoms with Crippen molar-refractivity contribution in [2.45, 2.75) is 0 Å². The van der Waals surface area contributed by atoms with Gasteiger partial charge in [-0.05, 0) is 24.3 Å². The monoisotopic (exact) mass is 296 g/mol. The molecule has 0 saturated carbocycles. The predicted molar refractivity (Wildman–Crippen MR) is 75.3 cm³/mol. The number of nitrogens with one attached hydrogen (secondary N) is 1. The van der Waals surface area contributed by atoms with Crippen LogP contribution in [0.25, 0.3) is 0 Å². The third kappa shape index (κ3) is 3.16. The van der Waals surface area contributed by atoms with Crippen molar-refractivity contribution in [2.24, 2.45) is 0 Å². The Morgan fingerprint density at radius 3 is 2.84 bits per heavy atom. The summed E-state index contributed by atoms with van der Waals surface area (Å²) >= 11 is 12.0. The van der Waals surface area contributed by atoms with E-state index in [-0.39, 0.29) is 0 Å². The van der Waals surface area contributed by atoms with Gasteiger partial charge >= 0.3 is 5.97 Å². The summed E-state index contributed by atoms with van der Waals surface area (Å²) in [5, 5.41) is 3.84. The van der Waals surface area contributed by atoms with Gasteiger partial charge < -0.3 is 10.1 Å². The summed E-state index contributed by atoms with van der Waals surface area (Å²) in [5.74, 6) is 0.0507. The average Bonchev–Trinajstić information content (AvgIpc) is 2.43. The molecule has 0 spiro atoms. The third-order valence-corrected chi connectivity index (χ3v) is 3.21. The van der Waals surface area contributed by atoms with Gasteiger partial charge in [0.05, 0.1) is 28.4 Å². The molecular weight excluding hydrogens is 287 g/mol. The molecule has 2 aromatic rings. The summed E-state index contributed by atoms with van der Waals surface area (Å²) in [4.78, 5) is 15.5. The van der Waals surface area contributed by atoms with Gasteiger partial charge in [-0.15, -0.1) is 0 Å². The Morgan fingerprint density at radius 2 is 2.11 bits per heavy atom. The Bertz CT molecular complexity index is 617. The maximum Gasteiger partial charge on any atom is 0.338 e. The lowest BCUT2D eigenvalue weighted by Gasteiger charge is -2.09. The van der Waals surface area contributed by atoms with Crippen LogP contribution in [0.4, 0.5) is 11.5 Å². The molecule has 6 heteroatoms. The fourth-order valence-electron chi connectivity index (χ4n) is 1.48. The highest BCUT2D eigenvalue weighted by molar-refractivity contribution is 6.43. The smallest absolute Gasteiger partial charge is 0.338 e. The van der Waals surface area contributed by atoms with Crippen molar-refractivity contribution < 1.29 is 9.53 Å². The molecule has 0 aliphatic carbocycles. The number of carbonyl (C=O) groups is 1. The van der Waals surface area contributed by atoms with Crippen LogP contribution in [0.2, 0.25) is 10.0 Å². The quantitative estimate of drug-likeness (QED) is 0.872. The summed E-state index contributed by atoms with van der Waals surface area (Å²) in [6.07, 6.45) is 1.51. The molecule has 0 fully saturated rings. The molecule has 0 unspecified atom stereocenters. The number of esters is 1. The Hall–Kier alpha value is -1.78. The molecule has 19 heavy (non-hydrogen) atoms. The number of hydrogen-bond acceptors (Lipinski definition) is 4. The van der Waals surface area contributed by atoms with E-state index in [9.17, 15) is 4.79 Å². The van der Waals surface area contributed by atoms with E-state index in [1.165, 1.54) is 13.3 Å². The number of aromatic nitrogens is 1. The van der Waals surface area contributed by atoms with Crippen LogP contribution in [0, 0.1) is 0 Å². The predicted octanol–water partition coefficient (Wildman–Crippen LogP) is 3.92. The molecule has 4 nitrogen and oxygen atoms in total. The third-order valence-electron chi connectivity index (χ3n) is 2.40. The minimum atomic E-state index is -0.428. The minimum Gasteiger partial charge on any atom is -0.465 e. The molecule has 1 aromatic carbocycles. The first-order valence-electron chi connectivity index (χ1n) is 5.37. The first kappa shape index (κ1) is 13.6. The fraction of sp³-hybridized carbons (Fsp3) is 0.0769. The van der Waals surface area contributed by atoms with Gasteiger partial charge in [-0.1, -0.05) is 29.3 Å². The van der Waals surface area contributed by atoms with Crippen molar-refractivity contribution in [1.29, 1.82) is 0 Å². The van der Waals surface area contributed by atoms with Gasteiger partial charge in [-0.2, -0.15) is 0 Å². The molecule has 0 bridgehead atoms. The molecule has 1 heterocycles. The molecule has 0 atom stereocenters. The number of nitrogens with zero attached hydrogens (tertiary/aromatic N) is 1. The van der Waals surface area contributed by atoms with Crippen molar-refractivity contribution >= 4 is 40.7 Å². The van der Waals surface area contributed by atoms with E-state index in [4.69, 9.17) is 23.2 Å². The molecule has 1 N–H and O–H groups in total. The molecule has 0 amide bonds. The van der Waals surface area contributed by atoms with Crippen molar-refractivity contribution in [1.82, 2.24) is 4.98 Å². The highest BCUT2D eigenvalue weighted by atomic mass is 35.5. The van der Waals surface area contributed by atoms with Crippen LogP contribution >= 0.6 is 23.2 Å². The number of rotatable bonds is 3. The molecule has 0 aliphatic rings. The van der Waals surface area contributed by atoms with E-state index in [1.54, 1.807) is 30.3 Å². The Morgan fingerprint density at radius 1 is 1.32 bits per heavy atom. The number of ether oxygens (including phenoxy) is 1. The highest BCUT2D eigenvalue weighted by Crippen LogP contribution is 2.31. The molecule has 1 aromatic heterocycles. The Kier molecular flexibility index (Phi) is 4.24. The Labute approximate surface area is 120 Å². The normalized spacial score (nSPS) is 10.1. The van der Waals surface area contributed by atoms with Crippen LogP contribution in [0.15, 0.2) is 36.5 Å². The number of benzene rings is 1. The highest BCUT2D eigenvalue weighted by Gasteiger charge is 2.08. The van der Waals surface area contributed by atoms with E-state index in [0.717, 1.165) is 0 Å². The van der Waals surface area contributed by atoms with Crippen molar-refractivity contribution in [3.63, 3.8) is 0 Å². The second-order valence-corrected chi connectivity index (χ2v) is 4.43. The number of halogens is 2. The molecule has 0 saturated heterocycles. The number of methoxy groups -OCH3 is 1. The van der Waals surface area contributed by atoms with Gasteiger partial charge in [0.2, 0.25) is 0 Å². The summed E-state index contributed by atoms with van der Waals surface area (Å²) in [7, 11) is 1.32. The molecule has 0 radical (unpaired) electrons. The van der Waals surface area contributed by atoms with Crippen molar-refractivity contribution in [3.8, 4) is 0 Å². The SMILES string of the molecule is COC(=O)c1ccnc(Nc2cccc(Cl)c2Cl)c1. The van der Waals surface area contributed by atoms with E-state index in [0.29, 0.717) is 27.1 Å². The van der Waals surface area contributed by atoms with Gasteiger partial charge in [-0.25, -0.2) is 9.78 Å². The summed E-state index contributed by atoms with van der Waals surface area (Å²) < 4.78 is 4.64. The molecule has 2 rings (SSSR count). The number of carbonyl (C=O) groups excluding carboxylic acids is 1. The lowest BCUT2D eigenvalue weighted by Crippen LogP contribution is -2.03. The van der Waals surface area contributed by atoms with Gasteiger partial charge in [0.1, 0.15) is 5.82 Å². The van der Waals surface area contributed by atoms with E-state index >= 15 is 0 Å². The molecule has 98 valence electrons. The summed E-state index contributed by atoms with van der Waals surface area (Å²) in [6.45, 7) is 0. The minimum absolute atomic E-state index is 0.398. The average molecular weight is 297 g/mol. The number of hydrogen-bond donors (Lipinski definition) is 1. The summed E-state index contributed by atoms with van der Waals surface area (Å²) in [6, 6.07) is 8.36. The topological polar surface area (TPSA) is 51.2 Å². The maximum atomic E-state index is 11.4. The fourth-order valence-corrected chi connectivity index (χ4v) is 1.83. The zero-order valence-corrected chi connectivity index (χ0v) is 11.5. The second kappa shape index (κ2) is 5.91. The van der Waals surface area contributed by atoms with E-state index in [1.807, 2.05) is 0 Å². The van der Waals surface area contributed by atoms with Gasteiger partial charge in [0.25, 0.3) is 0 Å². The zero-order chi connectivity index (χ0) is 13.8. The maximum absolute atomic E-state index is 11.4. The number of pyridine rings is 1. The lowest BCUT2D eigenvalue weighted by atomic mass is 10.2. The van der Waals surface area contributed by atoms with Crippen LogP contribution < -0.4 is 5.32 Å². The molecule has 0 aliphatic heterocycles. The largest absolute Gasteiger partial charge is 0.465 e. The van der Waals surface area contributed by atoms with Crippen LogP contribution in [0.5, 0.6) is 0 Å². The first-order valence-corrected chi connectivity index (χ1v) is 6.13. The van der Waals surface area contributed by atoms with Gasteiger partial charge in [0, 0.05) is 6.20 Å². The van der Waals surface area contributed by atoms with Crippen LogP contribution in [0.3, 0.4) is 0 Å². The second-order valence-electron chi connectivity index (χ2n) is 3.65.